The Bertz CT molecular complexity index is 1200. The van der Waals surface area contributed by atoms with Gasteiger partial charge in [-0.15, -0.1) is 0 Å². The molecule has 0 radical (unpaired) electrons. The van der Waals surface area contributed by atoms with E-state index in [9.17, 15) is 9.59 Å². The first-order valence-corrected chi connectivity index (χ1v) is 9.89. The summed E-state index contributed by atoms with van der Waals surface area (Å²) in [5, 5.41) is 3.24. The molecule has 3 N–H and O–H groups in total. The highest BCUT2D eigenvalue weighted by atomic mass is 16.5. The lowest BCUT2D eigenvalue weighted by Crippen LogP contribution is -2.47. The molecule has 0 bridgehead atoms. The maximum absolute atomic E-state index is 12.3. The number of amides is 2. The van der Waals surface area contributed by atoms with Crippen molar-refractivity contribution < 1.29 is 14.3 Å². The Labute approximate surface area is 174 Å². The van der Waals surface area contributed by atoms with Crippen LogP contribution >= 0.6 is 0 Å². The highest BCUT2D eigenvalue weighted by Gasteiger charge is 2.16. The van der Waals surface area contributed by atoms with Crippen molar-refractivity contribution in [1.82, 2.24) is 15.8 Å². The van der Waals surface area contributed by atoms with E-state index in [1.807, 2.05) is 72.9 Å². The van der Waals surface area contributed by atoms with Crippen LogP contribution in [0.4, 0.5) is 0 Å². The van der Waals surface area contributed by atoms with Gasteiger partial charge in [0, 0.05) is 23.5 Å². The van der Waals surface area contributed by atoms with Crippen LogP contribution in [0, 0.1) is 0 Å². The number of aromatic amines is 1. The molecule has 0 fully saturated rings. The van der Waals surface area contributed by atoms with Crippen molar-refractivity contribution in [3.05, 3.63) is 78.5 Å². The highest BCUT2D eigenvalue weighted by Crippen LogP contribution is 2.21. The van der Waals surface area contributed by atoms with Gasteiger partial charge in [0.25, 0.3) is 5.91 Å². The summed E-state index contributed by atoms with van der Waals surface area (Å²) >= 11 is 0. The summed E-state index contributed by atoms with van der Waals surface area (Å²) in [6, 6.07) is 21.5. The Morgan fingerprint density at radius 2 is 1.73 bits per heavy atom. The van der Waals surface area contributed by atoms with Gasteiger partial charge in [-0.25, -0.2) is 0 Å². The molecule has 0 aliphatic carbocycles. The lowest BCUT2D eigenvalue weighted by Gasteiger charge is -2.15. The summed E-state index contributed by atoms with van der Waals surface area (Å²) in [5.41, 5.74) is 7.01. The molecule has 1 atom stereocenters. The molecule has 2 amide bonds. The van der Waals surface area contributed by atoms with E-state index in [1.165, 1.54) is 0 Å². The predicted molar refractivity (Wildman–Crippen MR) is 117 cm³/mol. The number of benzene rings is 3. The van der Waals surface area contributed by atoms with Crippen LogP contribution < -0.4 is 15.6 Å². The van der Waals surface area contributed by atoms with E-state index in [-0.39, 0.29) is 12.3 Å². The third-order valence-corrected chi connectivity index (χ3v) is 5.02. The number of para-hydroxylation sites is 1. The molecule has 6 nitrogen and oxygen atoms in total. The SMILES string of the molecule is C[C@H](Oc1ccc2ccccc2c1)C(=O)NNC(=O)CCc1c[nH]c2ccccc12. The fraction of sp³-hybridized carbons (Fsp3) is 0.167. The summed E-state index contributed by atoms with van der Waals surface area (Å²) in [4.78, 5) is 27.6. The molecule has 0 saturated heterocycles. The largest absolute Gasteiger partial charge is 0.481 e. The van der Waals surface area contributed by atoms with Gasteiger partial charge in [0.15, 0.2) is 6.10 Å². The number of hydrazine groups is 1. The molecule has 3 aromatic carbocycles. The van der Waals surface area contributed by atoms with Gasteiger partial charge in [-0.2, -0.15) is 0 Å². The third-order valence-electron chi connectivity index (χ3n) is 5.02. The summed E-state index contributed by atoms with van der Waals surface area (Å²) < 4.78 is 5.72. The molecule has 0 saturated carbocycles. The van der Waals surface area contributed by atoms with Gasteiger partial charge in [-0.05, 0) is 47.9 Å². The molecule has 0 unspecified atom stereocenters. The predicted octanol–water partition coefficient (Wildman–Crippen LogP) is 3.87. The molecule has 1 aromatic heterocycles. The van der Waals surface area contributed by atoms with E-state index in [1.54, 1.807) is 6.92 Å². The molecule has 4 aromatic rings. The molecule has 152 valence electrons. The molecule has 0 aliphatic rings. The number of carbonyl (C=O) groups excluding carboxylic acids is 2. The first kappa shape index (κ1) is 19.5. The molecule has 4 rings (SSSR count). The lowest BCUT2D eigenvalue weighted by atomic mass is 10.1. The summed E-state index contributed by atoms with van der Waals surface area (Å²) in [5.74, 6) is -0.0721. The molecule has 0 spiro atoms. The molecule has 30 heavy (non-hydrogen) atoms. The lowest BCUT2D eigenvalue weighted by molar-refractivity contribution is -0.132. The van der Waals surface area contributed by atoms with E-state index in [0.717, 1.165) is 27.2 Å². The number of hydrogen-bond acceptors (Lipinski definition) is 3. The zero-order chi connectivity index (χ0) is 20.9. The van der Waals surface area contributed by atoms with Gasteiger partial charge < -0.3 is 9.72 Å². The van der Waals surface area contributed by atoms with Gasteiger partial charge in [0.05, 0.1) is 0 Å². The van der Waals surface area contributed by atoms with Crippen LogP contribution in [-0.2, 0) is 16.0 Å². The van der Waals surface area contributed by atoms with Crippen molar-refractivity contribution in [3.8, 4) is 5.75 Å². The maximum Gasteiger partial charge on any atom is 0.279 e. The summed E-state index contributed by atoms with van der Waals surface area (Å²) in [6.45, 7) is 1.64. The number of fused-ring (bicyclic) bond motifs is 2. The van der Waals surface area contributed by atoms with Crippen molar-refractivity contribution in [2.24, 2.45) is 0 Å². The minimum absolute atomic E-state index is 0.258. The molecular weight excluding hydrogens is 378 g/mol. The zero-order valence-corrected chi connectivity index (χ0v) is 16.6. The van der Waals surface area contributed by atoms with E-state index in [0.29, 0.717) is 12.2 Å². The van der Waals surface area contributed by atoms with E-state index >= 15 is 0 Å². The van der Waals surface area contributed by atoms with Crippen molar-refractivity contribution in [2.75, 3.05) is 0 Å². The van der Waals surface area contributed by atoms with Crippen molar-refractivity contribution in [3.63, 3.8) is 0 Å². The monoisotopic (exact) mass is 401 g/mol. The third kappa shape index (κ3) is 4.43. The minimum atomic E-state index is -0.750. The Hall–Kier alpha value is -3.80. The van der Waals surface area contributed by atoms with Crippen molar-refractivity contribution >= 4 is 33.5 Å². The number of aromatic nitrogens is 1. The Morgan fingerprint density at radius 1 is 0.967 bits per heavy atom. The second-order valence-electron chi connectivity index (χ2n) is 7.17. The summed E-state index contributed by atoms with van der Waals surface area (Å²) in [6.07, 6.45) is 2.01. The quantitative estimate of drug-likeness (QED) is 0.429. The number of ether oxygens (including phenoxy) is 1. The van der Waals surface area contributed by atoms with Crippen LogP contribution in [0.3, 0.4) is 0 Å². The van der Waals surface area contributed by atoms with Crippen molar-refractivity contribution in [2.45, 2.75) is 25.9 Å². The highest BCUT2D eigenvalue weighted by molar-refractivity contribution is 5.87. The zero-order valence-electron chi connectivity index (χ0n) is 16.6. The van der Waals surface area contributed by atoms with Crippen LogP contribution in [0.15, 0.2) is 72.9 Å². The number of nitrogens with one attached hydrogen (secondary N) is 3. The Morgan fingerprint density at radius 3 is 2.60 bits per heavy atom. The first-order valence-electron chi connectivity index (χ1n) is 9.89. The standard InChI is InChI=1S/C24H23N3O3/c1-16(30-20-12-10-17-6-2-3-7-18(17)14-20)24(29)27-26-23(28)13-11-19-15-25-22-9-5-4-8-21(19)22/h2-10,12,14-16,25H,11,13H2,1H3,(H,26,28)(H,27,29)/t16-/m0/s1. The Kier molecular flexibility index (Phi) is 5.66. The molecule has 1 heterocycles. The number of H-pyrrole nitrogens is 1. The number of aryl methyl sites for hydroxylation is 1. The van der Waals surface area contributed by atoms with E-state index in [4.69, 9.17) is 4.74 Å². The average Bonchev–Trinajstić information content (AvgIpc) is 3.19. The topological polar surface area (TPSA) is 83.2 Å². The van der Waals surface area contributed by atoms with Crippen LogP contribution in [-0.4, -0.2) is 22.9 Å². The van der Waals surface area contributed by atoms with Crippen molar-refractivity contribution in [1.29, 1.82) is 0 Å². The molecular formula is C24H23N3O3. The second-order valence-corrected chi connectivity index (χ2v) is 7.17. The van der Waals surface area contributed by atoms with E-state index < -0.39 is 12.0 Å². The van der Waals surface area contributed by atoms with Crippen LogP contribution in [0.25, 0.3) is 21.7 Å². The van der Waals surface area contributed by atoms with Gasteiger partial charge in [0.1, 0.15) is 5.75 Å². The number of hydrogen-bond donors (Lipinski definition) is 3. The van der Waals surface area contributed by atoms with Gasteiger partial charge >= 0.3 is 0 Å². The van der Waals surface area contributed by atoms with Crippen LogP contribution in [0.2, 0.25) is 0 Å². The summed E-state index contributed by atoms with van der Waals surface area (Å²) in [7, 11) is 0. The van der Waals surface area contributed by atoms with Crippen LogP contribution in [0.1, 0.15) is 18.9 Å². The Balaban J connectivity index is 1.26. The molecule has 0 aliphatic heterocycles. The van der Waals surface area contributed by atoms with Crippen LogP contribution in [0.5, 0.6) is 5.75 Å². The van der Waals surface area contributed by atoms with E-state index in [2.05, 4.69) is 15.8 Å². The molecule has 6 heteroatoms. The average molecular weight is 401 g/mol. The van der Waals surface area contributed by atoms with Gasteiger partial charge in [-0.3, -0.25) is 20.4 Å². The number of rotatable bonds is 6. The minimum Gasteiger partial charge on any atom is -0.481 e. The first-order chi connectivity index (χ1) is 14.6. The van der Waals surface area contributed by atoms with Gasteiger partial charge in [0.2, 0.25) is 5.91 Å². The number of carbonyl (C=O) groups is 2. The normalized spacial score (nSPS) is 11.9. The van der Waals surface area contributed by atoms with Gasteiger partial charge in [-0.1, -0.05) is 48.5 Å². The smallest absolute Gasteiger partial charge is 0.279 e. The fourth-order valence-corrected chi connectivity index (χ4v) is 3.38. The maximum atomic E-state index is 12.3. The fourth-order valence-electron chi connectivity index (χ4n) is 3.38. The second kappa shape index (κ2) is 8.69.